The molecule has 0 nitrogen and oxygen atoms in total. The monoisotopic (exact) mass is 332 g/mol. The van der Waals surface area contributed by atoms with Crippen molar-refractivity contribution < 1.29 is 0 Å². The van der Waals surface area contributed by atoms with E-state index in [1.54, 1.807) is 12.2 Å². The minimum Gasteiger partial charge on any atom is -0.0984 e. The van der Waals surface area contributed by atoms with Crippen molar-refractivity contribution in [1.82, 2.24) is 0 Å². The number of hydrogen-bond acceptors (Lipinski definition) is 0. The summed E-state index contributed by atoms with van der Waals surface area (Å²) in [4.78, 5) is 0. The van der Waals surface area contributed by atoms with Crippen LogP contribution in [0.5, 0.6) is 0 Å². The van der Waals surface area contributed by atoms with Gasteiger partial charge in [0.05, 0.1) is 15.1 Å². The van der Waals surface area contributed by atoms with Crippen molar-refractivity contribution in [3.8, 4) is 0 Å². The summed E-state index contributed by atoms with van der Waals surface area (Å²) in [5.41, 5.74) is 1.31. The minimum atomic E-state index is -1.44. The molecule has 0 heterocycles. The Hall–Kier alpha value is 0.580. The van der Waals surface area contributed by atoms with Crippen molar-refractivity contribution in [2.24, 2.45) is 0 Å². The van der Waals surface area contributed by atoms with E-state index in [1.165, 1.54) is 0 Å². The number of hydrogen-bond donors (Lipinski definition) is 0. The van der Waals surface area contributed by atoms with E-state index < -0.39 is 6.63 Å². The second kappa shape index (κ2) is 5.96. The van der Waals surface area contributed by atoms with E-state index in [0.717, 1.165) is 0 Å². The van der Waals surface area contributed by atoms with E-state index in [0.29, 0.717) is 21.5 Å². The van der Waals surface area contributed by atoms with Gasteiger partial charge in [-0.3, -0.25) is 0 Å². The molecule has 0 aliphatic carbocycles. The van der Waals surface area contributed by atoms with E-state index in [4.69, 9.17) is 57.3 Å². The van der Waals surface area contributed by atoms with Gasteiger partial charge in [0.25, 0.3) is 0 Å². The molecule has 0 aliphatic heterocycles. The minimum absolute atomic E-state index is 0.229. The summed E-state index contributed by atoms with van der Waals surface area (Å²) in [6.45, 7) is 5.89. The van der Waals surface area contributed by atoms with E-state index in [2.05, 4.69) is 13.2 Å². The van der Waals surface area contributed by atoms with E-state index in [1.807, 2.05) is 0 Å². The molecule has 0 bridgehead atoms. The van der Waals surface area contributed by atoms with E-state index in [-0.39, 0.29) is 10.0 Å². The maximum absolute atomic E-state index is 6.06. The van der Waals surface area contributed by atoms with Crippen molar-refractivity contribution >= 4 is 81.4 Å². The molecule has 0 amide bonds. The Kier molecular flexibility index (Phi) is 5.45. The smallest absolute Gasteiger partial charge is 0.0984 e. The predicted octanol–water partition coefficient (Wildman–Crippen LogP) is 6.35. The average Bonchev–Trinajstić information content (AvgIpc) is 2.24. The molecule has 0 aromatic heterocycles. The van der Waals surface area contributed by atoms with Crippen LogP contribution in [0.25, 0.3) is 12.2 Å². The first-order valence-electron chi connectivity index (χ1n) is 4.02. The maximum atomic E-state index is 6.06. The second-order valence-corrected chi connectivity index (χ2v) is 7.35. The highest BCUT2D eigenvalue weighted by molar-refractivity contribution is 8.09. The molecular weight excluding hydrogens is 328 g/mol. The molecule has 0 saturated carbocycles. The molecule has 0 aliphatic rings. The van der Waals surface area contributed by atoms with Gasteiger partial charge in [0.2, 0.25) is 0 Å². The Morgan fingerprint density at radius 2 is 1.31 bits per heavy atom. The quantitative estimate of drug-likeness (QED) is 0.446. The van der Waals surface area contributed by atoms with Crippen LogP contribution in [0.3, 0.4) is 0 Å². The summed E-state index contributed by atoms with van der Waals surface area (Å²) in [7, 11) is 0. The van der Waals surface area contributed by atoms with Crippen LogP contribution in [0.1, 0.15) is 11.1 Å². The van der Waals surface area contributed by atoms with Crippen molar-refractivity contribution in [3.63, 3.8) is 0 Å². The molecule has 0 atom stereocenters. The third-order valence-corrected chi connectivity index (χ3v) is 5.24. The Morgan fingerprint density at radius 3 is 1.69 bits per heavy atom. The molecule has 0 N–H and O–H groups in total. The van der Waals surface area contributed by atoms with Gasteiger partial charge in [0.1, 0.15) is 6.63 Å². The second-order valence-electron chi connectivity index (χ2n) is 2.76. The van der Waals surface area contributed by atoms with E-state index >= 15 is 0 Å². The van der Waals surface area contributed by atoms with E-state index in [9.17, 15) is 0 Å². The lowest BCUT2D eigenvalue weighted by Crippen LogP contribution is -2.07. The van der Waals surface area contributed by atoms with Crippen LogP contribution < -0.4 is 5.30 Å². The largest absolute Gasteiger partial charge is 0.119 e. The molecule has 6 heteroatoms. The zero-order chi connectivity index (χ0) is 12.5. The van der Waals surface area contributed by atoms with Crippen LogP contribution in [0.15, 0.2) is 13.2 Å². The van der Waals surface area contributed by atoms with Gasteiger partial charge in [-0.25, -0.2) is 0 Å². The van der Waals surface area contributed by atoms with Gasteiger partial charge in [-0.15, -0.1) is 0 Å². The molecule has 1 aromatic carbocycles. The zero-order valence-electron chi connectivity index (χ0n) is 7.91. The number of benzene rings is 1. The lowest BCUT2D eigenvalue weighted by Gasteiger charge is -2.15. The molecule has 0 fully saturated rings. The maximum Gasteiger partial charge on any atom is 0.119 e. The first-order chi connectivity index (χ1) is 7.45. The van der Waals surface area contributed by atoms with Crippen LogP contribution in [-0.2, 0) is 0 Å². The molecule has 16 heavy (non-hydrogen) atoms. The zero-order valence-corrected chi connectivity index (χ0v) is 12.6. The highest BCUT2D eigenvalue weighted by Gasteiger charge is 2.22. The van der Waals surface area contributed by atoms with Gasteiger partial charge in [0, 0.05) is 10.9 Å². The summed E-state index contributed by atoms with van der Waals surface area (Å²) in [6, 6.07) is 0. The third kappa shape index (κ3) is 2.53. The van der Waals surface area contributed by atoms with Crippen LogP contribution in [0.4, 0.5) is 0 Å². The molecule has 1 aromatic rings. The Balaban J connectivity index is 3.79. The SMILES string of the molecule is C=Cc1c(Cl)c(Cl)c(Cl)c(P(Cl)Cl)c1C=C. The molecule has 0 unspecified atom stereocenters. The average molecular weight is 334 g/mol. The summed E-state index contributed by atoms with van der Waals surface area (Å²) in [5.74, 6) is 0. The van der Waals surface area contributed by atoms with Crippen molar-refractivity contribution in [1.29, 1.82) is 0 Å². The number of rotatable bonds is 3. The summed E-state index contributed by atoms with van der Waals surface area (Å²) < 4.78 is 0. The fraction of sp³-hybridized carbons (Fsp3) is 0. The standard InChI is InChI=1S/C10H6Cl5P/c1-3-5-6(4-2)10(16(14)15)9(13)8(12)7(5)11/h3-4H,1-2H2. The molecule has 0 spiro atoms. The highest BCUT2D eigenvalue weighted by Crippen LogP contribution is 2.51. The van der Waals surface area contributed by atoms with Crippen molar-refractivity contribution in [2.75, 3.05) is 0 Å². The molecule has 86 valence electrons. The Morgan fingerprint density at radius 1 is 0.812 bits per heavy atom. The van der Waals surface area contributed by atoms with Crippen LogP contribution >= 0.6 is 63.9 Å². The van der Waals surface area contributed by atoms with Crippen molar-refractivity contribution in [2.45, 2.75) is 0 Å². The van der Waals surface area contributed by atoms with Gasteiger partial charge in [-0.1, -0.05) is 82.6 Å². The van der Waals surface area contributed by atoms with Gasteiger partial charge in [0.15, 0.2) is 0 Å². The molecular formula is C10H6Cl5P. The lowest BCUT2D eigenvalue weighted by molar-refractivity contribution is 1.66. The van der Waals surface area contributed by atoms with Gasteiger partial charge in [-0.2, -0.15) is 0 Å². The first-order valence-corrected chi connectivity index (χ1v) is 8.31. The Bertz CT molecular complexity index is 453. The molecule has 1 rings (SSSR count). The first kappa shape index (κ1) is 14.6. The molecule has 0 saturated heterocycles. The highest BCUT2D eigenvalue weighted by atomic mass is 35.9. The number of halogens is 5. The summed E-state index contributed by atoms with van der Waals surface area (Å²) >= 11 is 29.9. The lowest BCUT2D eigenvalue weighted by atomic mass is 10.1. The van der Waals surface area contributed by atoms with Gasteiger partial charge in [-0.05, 0) is 5.56 Å². The third-order valence-electron chi connectivity index (χ3n) is 1.95. The Labute approximate surface area is 120 Å². The fourth-order valence-electron chi connectivity index (χ4n) is 1.25. The predicted molar refractivity (Wildman–Crippen MR) is 79.9 cm³/mol. The van der Waals surface area contributed by atoms with Crippen LogP contribution in [0, 0.1) is 0 Å². The molecule has 0 radical (unpaired) electrons. The normalized spacial score (nSPS) is 10.6. The van der Waals surface area contributed by atoms with Gasteiger partial charge < -0.3 is 0 Å². The topological polar surface area (TPSA) is 0 Å². The van der Waals surface area contributed by atoms with Crippen LogP contribution in [0.2, 0.25) is 15.1 Å². The summed E-state index contributed by atoms with van der Waals surface area (Å²) in [5, 5.41) is 1.38. The van der Waals surface area contributed by atoms with Crippen LogP contribution in [-0.4, -0.2) is 0 Å². The fourth-order valence-corrected chi connectivity index (χ4v) is 4.25. The van der Waals surface area contributed by atoms with Crippen molar-refractivity contribution in [3.05, 3.63) is 39.4 Å². The summed E-state index contributed by atoms with van der Waals surface area (Å²) in [6.07, 6.45) is 3.15. The van der Waals surface area contributed by atoms with Gasteiger partial charge >= 0.3 is 0 Å².